The second kappa shape index (κ2) is 7.24. The molecular weight excluding hydrogens is 246 g/mol. The number of nitrogens with one attached hydrogen (secondary N) is 1. The van der Waals surface area contributed by atoms with E-state index in [9.17, 15) is 0 Å². The molecule has 20 heavy (non-hydrogen) atoms. The molecule has 1 aromatic rings. The van der Waals surface area contributed by atoms with Gasteiger partial charge in [-0.05, 0) is 36.2 Å². The van der Waals surface area contributed by atoms with Crippen LogP contribution in [0.15, 0.2) is 30.3 Å². The Morgan fingerprint density at radius 1 is 1.20 bits per heavy atom. The van der Waals surface area contributed by atoms with E-state index in [0.29, 0.717) is 11.5 Å². The highest BCUT2D eigenvalue weighted by Crippen LogP contribution is 2.39. The average Bonchev–Trinajstić information content (AvgIpc) is 2.37. The van der Waals surface area contributed by atoms with Crippen LogP contribution >= 0.6 is 0 Å². The van der Waals surface area contributed by atoms with E-state index in [1.165, 1.54) is 24.8 Å². The Hall–Kier alpha value is -0.860. The third-order valence-electron chi connectivity index (χ3n) is 4.15. The first kappa shape index (κ1) is 15.5. The maximum atomic E-state index is 6.06. The van der Waals surface area contributed by atoms with Gasteiger partial charge in [-0.25, -0.2) is 0 Å². The Bertz CT molecular complexity index is 388. The van der Waals surface area contributed by atoms with Crippen LogP contribution < -0.4 is 5.32 Å². The Morgan fingerprint density at radius 3 is 2.65 bits per heavy atom. The highest BCUT2D eigenvalue weighted by Gasteiger charge is 2.32. The van der Waals surface area contributed by atoms with E-state index in [0.717, 1.165) is 25.6 Å². The van der Waals surface area contributed by atoms with Crippen LogP contribution in [0, 0.1) is 11.3 Å². The molecule has 1 aliphatic carbocycles. The molecule has 2 atom stereocenters. The summed E-state index contributed by atoms with van der Waals surface area (Å²) < 4.78 is 6.06. The number of hydrogen-bond acceptors (Lipinski definition) is 2. The first-order valence-electron chi connectivity index (χ1n) is 7.91. The lowest BCUT2D eigenvalue weighted by molar-refractivity contribution is -0.0213. The molecular formula is C18H29NO. The highest BCUT2D eigenvalue weighted by atomic mass is 16.5. The van der Waals surface area contributed by atoms with E-state index in [2.05, 4.69) is 56.4 Å². The van der Waals surface area contributed by atoms with E-state index in [1.54, 1.807) is 0 Å². The maximum absolute atomic E-state index is 6.06. The van der Waals surface area contributed by atoms with Crippen molar-refractivity contribution in [2.45, 2.75) is 52.7 Å². The van der Waals surface area contributed by atoms with E-state index in [-0.39, 0.29) is 0 Å². The molecule has 2 nitrogen and oxygen atoms in total. The second-order valence-corrected chi connectivity index (χ2v) is 7.07. The summed E-state index contributed by atoms with van der Waals surface area (Å²) >= 11 is 0. The fourth-order valence-corrected chi connectivity index (χ4v) is 3.51. The molecule has 0 aliphatic heterocycles. The third kappa shape index (κ3) is 5.26. The number of benzene rings is 1. The normalized spacial score (nSPS) is 25.6. The van der Waals surface area contributed by atoms with Gasteiger partial charge in [0.1, 0.15) is 0 Å². The van der Waals surface area contributed by atoms with Crippen LogP contribution in [0.5, 0.6) is 0 Å². The minimum Gasteiger partial charge on any atom is -0.377 e. The number of rotatable bonds is 6. The van der Waals surface area contributed by atoms with Crippen molar-refractivity contribution in [2.24, 2.45) is 11.3 Å². The fourth-order valence-electron chi connectivity index (χ4n) is 3.51. The smallest absolute Gasteiger partial charge is 0.0594 e. The Balaban J connectivity index is 1.61. The quantitative estimate of drug-likeness (QED) is 0.792. The van der Waals surface area contributed by atoms with Crippen molar-refractivity contribution in [1.82, 2.24) is 5.32 Å². The molecule has 1 aliphatic rings. The lowest BCUT2D eigenvalue weighted by Gasteiger charge is -2.38. The van der Waals surface area contributed by atoms with Gasteiger partial charge in [-0.15, -0.1) is 0 Å². The van der Waals surface area contributed by atoms with Gasteiger partial charge in [0.05, 0.1) is 12.7 Å². The van der Waals surface area contributed by atoms with E-state index in [1.807, 2.05) is 0 Å². The Morgan fingerprint density at radius 2 is 1.95 bits per heavy atom. The van der Waals surface area contributed by atoms with Crippen LogP contribution in [0.1, 0.15) is 45.6 Å². The maximum Gasteiger partial charge on any atom is 0.0594 e. The van der Waals surface area contributed by atoms with Gasteiger partial charge in [0.2, 0.25) is 0 Å². The fraction of sp³-hybridized carbons (Fsp3) is 0.667. The first-order valence-corrected chi connectivity index (χ1v) is 7.91. The molecule has 0 aromatic heterocycles. The van der Waals surface area contributed by atoms with E-state index >= 15 is 0 Å². The van der Waals surface area contributed by atoms with Crippen molar-refractivity contribution in [3.05, 3.63) is 35.9 Å². The van der Waals surface area contributed by atoms with Crippen molar-refractivity contribution in [1.29, 1.82) is 0 Å². The van der Waals surface area contributed by atoms with Crippen molar-refractivity contribution in [3.63, 3.8) is 0 Å². The summed E-state index contributed by atoms with van der Waals surface area (Å²) in [5, 5.41) is 3.45. The van der Waals surface area contributed by atoms with E-state index in [4.69, 9.17) is 4.74 Å². The zero-order chi connectivity index (χ0) is 14.4. The molecule has 0 saturated heterocycles. The van der Waals surface area contributed by atoms with Crippen LogP contribution in [0.3, 0.4) is 0 Å². The van der Waals surface area contributed by atoms with Gasteiger partial charge >= 0.3 is 0 Å². The predicted molar refractivity (Wildman–Crippen MR) is 84.7 cm³/mol. The van der Waals surface area contributed by atoms with Gasteiger partial charge in [-0.2, -0.15) is 0 Å². The topological polar surface area (TPSA) is 21.3 Å². The van der Waals surface area contributed by atoms with Crippen LogP contribution in [-0.4, -0.2) is 19.3 Å². The zero-order valence-corrected chi connectivity index (χ0v) is 13.2. The molecule has 1 saturated carbocycles. The molecule has 0 radical (unpaired) electrons. The SMILES string of the molecule is CC1CC(OCCNCc2ccccc2)CC(C)(C)C1. The summed E-state index contributed by atoms with van der Waals surface area (Å²) in [7, 11) is 0. The van der Waals surface area contributed by atoms with Crippen LogP contribution in [-0.2, 0) is 11.3 Å². The third-order valence-corrected chi connectivity index (χ3v) is 4.15. The zero-order valence-electron chi connectivity index (χ0n) is 13.2. The standard InChI is InChI=1S/C18H29NO/c1-15-11-17(13-18(2,3)12-15)20-10-9-19-14-16-7-5-4-6-8-16/h4-8,15,17,19H,9-14H2,1-3H3. The van der Waals surface area contributed by atoms with Gasteiger partial charge in [-0.3, -0.25) is 0 Å². The molecule has 0 heterocycles. The van der Waals surface area contributed by atoms with Crippen molar-refractivity contribution >= 4 is 0 Å². The Labute approximate surface area is 123 Å². The summed E-state index contributed by atoms with van der Waals surface area (Å²) in [6.45, 7) is 9.77. The van der Waals surface area contributed by atoms with Crippen molar-refractivity contribution in [2.75, 3.05) is 13.2 Å². The summed E-state index contributed by atoms with van der Waals surface area (Å²) in [5.41, 5.74) is 1.78. The predicted octanol–water partition coefficient (Wildman–Crippen LogP) is 4.01. The molecule has 2 rings (SSSR count). The van der Waals surface area contributed by atoms with Crippen LogP contribution in [0.2, 0.25) is 0 Å². The van der Waals surface area contributed by atoms with E-state index < -0.39 is 0 Å². The number of ether oxygens (including phenoxy) is 1. The molecule has 0 spiro atoms. The molecule has 0 amide bonds. The summed E-state index contributed by atoms with van der Waals surface area (Å²) in [6.07, 6.45) is 4.21. The largest absolute Gasteiger partial charge is 0.377 e. The highest BCUT2D eigenvalue weighted by molar-refractivity contribution is 5.14. The van der Waals surface area contributed by atoms with Crippen LogP contribution in [0.4, 0.5) is 0 Å². The summed E-state index contributed by atoms with van der Waals surface area (Å²) in [6, 6.07) is 10.5. The molecule has 2 unspecified atom stereocenters. The number of hydrogen-bond donors (Lipinski definition) is 1. The lowest BCUT2D eigenvalue weighted by atomic mass is 9.71. The molecule has 2 heteroatoms. The minimum atomic E-state index is 0.444. The molecule has 1 aromatic carbocycles. The minimum absolute atomic E-state index is 0.444. The first-order chi connectivity index (χ1) is 9.55. The van der Waals surface area contributed by atoms with Gasteiger partial charge in [0.15, 0.2) is 0 Å². The van der Waals surface area contributed by atoms with Gasteiger partial charge < -0.3 is 10.1 Å². The Kier molecular flexibility index (Phi) is 5.62. The molecule has 0 bridgehead atoms. The monoisotopic (exact) mass is 275 g/mol. The van der Waals surface area contributed by atoms with Gasteiger partial charge in [0, 0.05) is 13.1 Å². The average molecular weight is 275 g/mol. The molecule has 1 fully saturated rings. The van der Waals surface area contributed by atoms with Crippen LogP contribution in [0.25, 0.3) is 0 Å². The molecule has 1 N–H and O–H groups in total. The second-order valence-electron chi connectivity index (χ2n) is 7.07. The summed E-state index contributed by atoms with van der Waals surface area (Å²) in [4.78, 5) is 0. The van der Waals surface area contributed by atoms with Gasteiger partial charge in [0.25, 0.3) is 0 Å². The molecule has 112 valence electrons. The van der Waals surface area contributed by atoms with Gasteiger partial charge in [-0.1, -0.05) is 51.1 Å². The lowest BCUT2D eigenvalue weighted by Crippen LogP contribution is -2.34. The summed E-state index contributed by atoms with van der Waals surface area (Å²) in [5.74, 6) is 0.793. The van der Waals surface area contributed by atoms with Crippen molar-refractivity contribution in [3.8, 4) is 0 Å². The van der Waals surface area contributed by atoms with Crippen molar-refractivity contribution < 1.29 is 4.74 Å².